The van der Waals surface area contributed by atoms with E-state index in [1.807, 2.05) is 36.6 Å². The summed E-state index contributed by atoms with van der Waals surface area (Å²) in [5, 5.41) is 7.78. The molecule has 0 bridgehead atoms. The standard InChI is InChI=1S/C10H12N4/c1-7-5-9(11)3-4-10(7)14-6-12-13-8(14)2/h3-6H,11H2,1-2H3. The molecule has 1 aromatic carbocycles. The van der Waals surface area contributed by atoms with Crippen molar-refractivity contribution in [2.24, 2.45) is 0 Å². The van der Waals surface area contributed by atoms with Crippen LogP contribution in [0.3, 0.4) is 0 Å². The second-order valence-corrected chi connectivity index (χ2v) is 3.29. The van der Waals surface area contributed by atoms with Crippen LogP contribution in [0.4, 0.5) is 5.69 Å². The Labute approximate surface area is 82.4 Å². The molecule has 0 spiro atoms. The van der Waals surface area contributed by atoms with Crippen molar-refractivity contribution in [3.05, 3.63) is 35.9 Å². The fraction of sp³-hybridized carbons (Fsp3) is 0.200. The van der Waals surface area contributed by atoms with Gasteiger partial charge in [-0.2, -0.15) is 0 Å². The van der Waals surface area contributed by atoms with Crippen molar-refractivity contribution < 1.29 is 0 Å². The molecule has 0 saturated heterocycles. The number of rotatable bonds is 1. The largest absolute Gasteiger partial charge is 0.399 e. The van der Waals surface area contributed by atoms with Gasteiger partial charge in [-0.3, -0.25) is 4.57 Å². The van der Waals surface area contributed by atoms with Crippen molar-refractivity contribution >= 4 is 5.69 Å². The van der Waals surface area contributed by atoms with E-state index in [0.29, 0.717) is 0 Å². The molecular weight excluding hydrogens is 176 g/mol. The molecule has 0 aliphatic carbocycles. The van der Waals surface area contributed by atoms with Crippen LogP contribution in [0.2, 0.25) is 0 Å². The highest BCUT2D eigenvalue weighted by Crippen LogP contribution is 2.17. The van der Waals surface area contributed by atoms with Gasteiger partial charge in [-0.1, -0.05) is 0 Å². The molecule has 14 heavy (non-hydrogen) atoms. The van der Waals surface area contributed by atoms with Crippen LogP contribution in [-0.4, -0.2) is 14.8 Å². The smallest absolute Gasteiger partial charge is 0.134 e. The van der Waals surface area contributed by atoms with Gasteiger partial charge in [0.1, 0.15) is 12.2 Å². The van der Waals surface area contributed by atoms with Crippen LogP contribution in [0.15, 0.2) is 24.5 Å². The quantitative estimate of drug-likeness (QED) is 0.689. The van der Waals surface area contributed by atoms with Gasteiger partial charge in [0.05, 0.1) is 5.69 Å². The number of anilines is 1. The zero-order valence-electron chi connectivity index (χ0n) is 8.23. The average molecular weight is 188 g/mol. The Kier molecular flexibility index (Phi) is 1.96. The van der Waals surface area contributed by atoms with Crippen molar-refractivity contribution in [3.63, 3.8) is 0 Å². The highest BCUT2D eigenvalue weighted by Gasteiger charge is 2.04. The zero-order valence-corrected chi connectivity index (χ0v) is 8.23. The van der Waals surface area contributed by atoms with Gasteiger partial charge in [-0.05, 0) is 37.6 Å². The minimum Gasteiger partial charge on any atom is -0.399 e. The van der Waals surface area contributed by atoms with Gasteiger partial charge in [0.25, 0.3) is 0 Å². The molecule has 0 radical (unpaired) electrons. The molecule has 72 valence electrons. The summed E-state index contributed by atoms with van der Waals surface area (Å²) in [5.74, 6) is 0.873. The number of benzene rings is 1. The maximum absolute atomic E-state index is 5.68. The number of nitrogen functional groups attached to an aromatic ring is 1. The third-order valence-electron chi connectivity index (χ3n) is 2.20. The van der Waals surface area contributed by atoms with Crippen LogP contribution in [0.1, 0.15) is 11.4 Å². The summed E-state index contributed by atoms with van der Waals surface area (Å²) in [4.78, 5) is 0. The number of hydrogen-bond donors (Lipinski definition) is 1. The lowest BCUT2D eigenvalue weighted by Crippen LogP contribution is -1.99. The molecule has 0 amide bonds. The van der Waals surface area contributed by atoms with Gasteiger partial charge < -0.3 is 5.73 Å². The second-order valence-electron chi connectivity index (χ2n) is 3.29. The van der Waals surface area contributed by atoms with Crippen molar-refractivity contribution in [2.45, 2.75) is 13.8 Å². The molecular formula is C10H12N4. The first kappa shape index (κ1) is 8.74. The molecule has 1 heterocycles. The number of nitrogens with two attached hydrogens (primary N) is 1. The second kappa shape index (κ2) is 3.14. The third-order valence-corrected chi connectivity index (χ3v) is 2.20. The van der Waals surface area contributed by atoms with E-state index < -0.39 is 0 Å². The molecule has 4 nitrogen and oxygen atoms in total. The lowest BCUT2D eigenvalue weighted by molar-refractivity contribution is 0.961. The molecule has 2 rings (SSSR count). The highest BCUT2D eigenvalue weighted by molar-refractivity contribution is 5.51. The van der Waals surface area contributed by atoms with Gasteiger partial charge in [0.2, 0.25) is 0 Å². The van der Waals surface area contributed by atoms with Gasteiger partial charge in [0.15, 0.2) is 0 Å². The third kappa shape index (κ3) is 1.35. The molecule has 0 aliphatic heterocycles. The van der Waals surface area contributed by atoms with Crippen molar-refractivity contribution in [1.29, 1.82) is 0 Å². The first-order valence-electron chi connectivity index (χ1n) is 4.41. The molecule has 2 N–H and O–H groups in total. The summed E-state index contributed by atoms with van der Waals surface area (Å²) in [6, 6.07) is 5.79. The van der Waals surface area contributed by atoms with Crippen molar-refractivity contribution in [3.8, 4) is 5.69 Å². The van der Waals surface area contributed by atoms with Crippen molar-refractivity contribution in [1.82, 2.24) is 14.8 Å². The molecule has 0 atom stereocenters. The Morgan fingerprint density at radius 1 is 1.29 bits per heavy atom. The van der Waals surface area contributed by atoms with E-state index >= 15 is 0 Å². The Morgan fingerprint density at radius 2 is 2.07 bits per heavy atom. The fourth-order valence-corrected chi connectivity index (χ4v) is 1.48. The maximum Gasteiger partial charge on any atom is 0.134 e. The number of hydrogen-bond acceptors (Lipinski definition) is 3. The number of aromatic nitrogens is 3. The Balaban J connectivity index is 2.58. The van der Waals surface area contributed by atoms with E-state index in [-0.39, 0.29) is 0 Å². The van der Waals surface area contributed by atoms with Crippen LogP contribution in [0.25, 0.3) is 5.69 Å². The maximum atomic E-state index is 5.68. The molecule has 1 aromatic heterocycles. The van der Waals surface area contributed by atoms with Gasteiger partial charge in [0, 0.05) is 5.69 Å². The Morgan fingerprint density at radius 3 is 2.64 bits per heavy atom. The summed E-state index contributed by atoms with van der Waals surface area (Å²) in [6.07, 6.45) is 1.70. The first-order valence-corrected chi connectivity index (χ1v) is 4.41. The predicted molar refractivity (Wildman–Crippen MR) is 55.2 cm³/mol. The van der Waals surface area contributed by atoms with E-state index in [2.05, 4.69) is 10.2 Å². The average Bonchev–Trinajstić information content (AvgIpc) is 2.52. The topological polar surface area (TPSA) is 56.7 Å². The fourth-order valence-electron chi connectivity index (χ4n) is 1.48. The Hall–Kier alpha value is -1.84. The Bertz CT molecular complexity index is 459. The zero-order chi connectivity index (χ0) is 10.1. The lowest BCUT2D eigenvalue weighted by Gasteiger charge is -2.07. The monoisotopic (exact) mass is 188 g/mol. The van der Waals surface area contributed by atoms with Crippen LogP contribution in [-0.2, 0) is 0 Å². The van der Waals surface area contributed by atoms with Crippen LogP contribution < -0.4 is 5.73 Å². The van der Waals surface area contributed by atoms with Crippen LogP contribution in [0.5, 0.6) is 0 Å². The predicted octanol–water partition coefficient (Wildman–Crippen LogP) is 1.47. The summed E-state index contributed by atoms with van der Waals surface area (Å²) in [5.41, 5.74) is 8.64. The molecule has 2 aromatic rings. The van der Waals surface area contributed by atoms with E-state index in [1.165, 1.54) is 0 Å². The summed E-state index contributed by atoms with van der Waals surface area (Å²) in [7, 11) is 0. The van der Waals surface area contributed by atoms with Gasteiger partial charge >= 0.3 is 0 Å². The molecule has 4 heteroatoms. The molecule has 0 aliphatic rings. The molecule has 0 fully saturated rings. The van der Waals surface area contributed by atoms with Crippen LogP contribution in [0, 0.1) is 13.8 Å². The van der Waals surface area contributed by atoms with Crippen LogP contribution >= 0.6 is 0 Å². The minimum atomic E-state index is 0.775. The molecule has 0 saturated carbocycles. The molecule has 0 unspecified atom stereocenters. The number of nitrogens with zero attached hydrogens (tertiary/aromatic N) is 3. The SMILES string of the molecule is Cc1cc(N)ccc1-n1cnnc1C. The lowest BCUT2D eigenvalue weighted by atomic mass is 10.2. The van der Waals surface area contributed by atoms with E-state index in [0.717, 1.165) is 22.8 Å². The summed E-state index contributed by atoms with van der Waals surface area (Å²) >= 11 is 0. The summed E-state index contributed by atoms with van der Waals surface area (Å²) in [6.45, 7) is 3.94. The summed E-state index contributed by atoms with van der Waals surface area (Å²) < 4.78 is 1.94. The number of aryl methyl sites for hydroxylation is 2. The normalized spacial score (nSPS) is 10.4. The van der Waals surface area contributed by atoms with E-state index in [4.69, 9.17) is 5.73 Å². The van der Waals surface area contributed by atoms with Gasteiger partial charge in [-0.25, -0.2) is 0 Å². The first-order chi connectivity index (χ1) is 6.68. The van der Waals surface area contributed by atoms with Gasteiger partial charge in [-0.15, -0.1) is 10.2 Å². The van der Waals surface area contributed by atoms with E-state index in [1.54, 1.807) is 6.33 Å². The van der Waals surface area contributed by atoms with Crippen molar-refractivity contribution in [2.75, 3.05) is 5.73 Å². The highest BCUT2D eigenvalue weighted by atomic mass is 15.3. The minimum absolute atomic E-state index is 0.775. The van der Waals surface area contributed by atoms with E-state index in [9.17, 15) is 0 Å².